The van der Waals surface area contributed by atoms with Crippen LogP contribution >= 0.6 is 24.0 Å². The molecule has 0 unspecified atom stereocenters. The second-order valence-corrected chi connectivity index (χ2v) is 7.08. The molecule has 0 aromatic heterocycles. The normalized spacial score (nSPS) is 15.7. The smallest absolute Gasteiger partial charge is 0.387 e. The maximum absolute atomic E-state index is 12.7. The molecular formula is C20H33F2IN4O2. The first kappa shape index (κ1) is 25.7. The van der Waals surface area contributed by atoms with Gasteiger partial charge in [-0.25, -0.2) is 0 Å². The largest absolute Gasteiger partial charge is 0.497 e. The Hall–Kier alpha value is -1.36. The number of alkyl halides is 2. The third-order valence-electron chi connectivity index (χ3n) is 4.98. The van der Waals surface area contributed by atoms with E-state index in [4.69, 9.17) is 4.74 Å². The van der Waals surface area contributed by atoms with Crippen LogP contribution in [0.15, 0.2) is 23.2 Å². The molecule has 2 rings (SSSR count). The Morgan fingerprint density at radius 2 is 2.00 bits per heavy atom. The summed E-state index contributed by atoms with van der Waals surface area (Å²) in [6.07, 6.45) is 3.58. The predicted octanol–water partition coefficient (Wildman–Crippen LogP) is 3.70. The molecule has 0 spiro atoms. The van der Waals surface area contributed by atoms with E-state index in [1.165, 1.54) is 39.1 Å². The highest BCUT2D eigenvalue weighted by molar-refractivity contribution is 14.0. The number of ether oxygens (including phenoxy) is 2. The van der Waals surface area contributed by atoms with Crippen LogP contribution < -0.4 is 20.1 Å². The van der Waals surface area contributed by atoms with Crippen LogP contribution in [-0.4, -0.2) is 57.8 Å². The lowest BCUT2D eigenvalue weighted by molar-refractivity contribution is -0.0505. The monoisotopic (exact) mass is 526 g/mol. The Bertz CT molecular complexity index is 626. The van der Waals surface area contributed by atoms with E-state index < -0.39 is 6.61 Å². The maximum Gasteiger partial charge on any atom is 0.387 e. The minimum Gasteiger partial charge on any atom is -0.497 e. The summed E-state index contributed by atoms with van der Waals surface area (Å²) in [5.41, 5.74) is 0.603. The van der Waals surface area contributed by atoms with Gasteiger partial charge in [-0.15, -0.1) is 24.0 Å². The summed E-state index contributed by atoms with van der Waals surface area (Å²) in [4.78, 5) is 6.69. The molecule has 0 bridgehead atoms. The SMILES string of the molecule is CN=C(NCCCN1CCC(C)CC1)NCc1ccc(OC)cc1OC(F)F.I. The van der Waals surface area contributed by atoms with Crippen molar-refractivity contribution in [1.29, 1.82) is 0 Å². The van der Waals surface area contributed by atoms with Gasteiger partial charge in [-0.3, -0.25) is 4.99 Å². The molecule has 1 aliphatic rings. The van der Waals surface area contributed by atoms with Crippen LogP contribution in [0.4, 0.5) is 8.78 Å². The minimum atomic E-state index is -2.89. The second-order valence-electron chi connectivity index (χ2n) is 7.08. The number of aliphatic imine (C=N–C) groups is 1. The van der Waals surface area contributed by atoms with Gasteiger partial charge < -0.3 is 25.0 Å². The molecule has 1 heterocycles. The van der Waals surface area contributed by atoms with Crippen molar-refractivity contribution in [3.05, 3.63) is 23.8 Å². The van der Waals surface area contributed by atoms with Crippen LogP contribution in [-0.2, 0) is 6.54 Å². The summed E-state index contributed by atoms with van der Waals surface area (Å²) >= 11 is 0. The van der Waals surface area contributed by atoms with E-state index in [-0.39, 0.29) is 29.7 Å². The van der Waals surface area contributed by atoms with Gasteiger partial charge in [-0.05, 0) is 56.9 Å². The quantitative estimate of drug-likeness (QED) is 0.223. The summed E-state index contributed by atoms with van der Waals surface area (Å²) in [6.45, 7) is 3.97. The molecule has 0 aliphatic carbocycles. The Morgan fingerprint density at radius 3 is 2.62 bits per heavy atom. The lowest BCUT2D eigenvalue weighted by Gasteiger charge is -2.30. The van der Waals surface area contributed by atoms with Crippen molar-refractivity contribution in [2.24, 2.45) is 10.9 Å². The van der Waals surface area contributed by atoms with E-state index in [0.717, 1.165) is 25.4 Å². The minimum absolute atomic E-state index is 0. The summed E-state index contributed by atoms with van der Waals surface area (Å²) in [5, 5.41) is 6.41. The van der Waals surface area contributed by atoms with Gasteiger partial charge in [-0.2, -0.15) is 8.78 Å². The zero-order valence-corrected chi connectivity index (χ0v) is 19.7. The molecule has 166 valence electrons. The van der Waals surface area contributed by atoms with Crippen LogP contribution in [0.3, 0.4) is 0 Å². The summed E-state index contributed by atoms with van der Waals surface area (Å²) < 4.78 is 35.0. The van der Waals surface area contributed by atoms with E-state index in [9.17, 15) is 8.78 Å². The van der Waals surface area contributed by atoms with E-state index in [0.29, 0.717) is 23.8 Å². The van der Waals surface area contributed by atoms with Crippen LogP contribution in [0.2, 0.25) is 0 Å². The molecule has 0 saturated carbocycles. The van der Waals surface area contributed by atoms with E-state index >= 15 is 0 Å². The second kappa shape index (κ2) is 13.8. The Morgan fingerprint density at radius 1 is 1.28 bits per heavy atom. The first-order valence-electron chi connectivity index (χ1n) is 9.80. The molecule has 1 fully saturated rings. The van der Waals surface area contributed by atoms with E-state index in [1.807, 2.05) is 0 Å². The van der Waals surface area contributed by atoms with Crippen molar-refractivity contribution in [2.45, 2.75) is 39.3 Å². The molecule has 29 heavy (non-hydrogen) atoms. The summed E-state index contributed by atoms with van der Waals surface area (Å²) in [6, 6.07) is 4.87. The zero-order valence-electron chi connectivity index (χ0n) is 17.4. The van der Waals surface area contributed by atoms with Crippen molar-refractivity contribution in [3.8, 4) is 11.5 Å². The number of hydrogen-bond donors (Lipinski definition) is 2. The fraction of sp³-hybridized carbons (Fsp3) is 0.650. The predicted molar refractivity (Wildman–Crippen MR) is 123 cm³/mol. The van der Waals surface area contributed by atoms with Gasteiger partial charge >= 0.3 is 6.61 Å². The number of nitrogens with zero attached hydrogens (tertiary/aromatic N) is 2. The number of piperidine rings is 1. The highest BCUT2D eigenvalue weighted by Crippen LogP contribution is 2.26. The van der Waals surface area contributed by atoms with Gasteiger partial charge in [0.15, 0.2) is 5.96 Å². The molecule has 0 amide bonds. The number of benzene rings is 1. The number of rotatable bonds is 9. The third-order valence-corrected chi connectivity index (χ3v) is 4.98. The van der Waals surface area contributed by atoms with Crippen molar-refractivity contribution in [2.75, 3.05) is 40.3 Å². The maximum atomic E-state index is 12.7. The molecule has 1 saturated heterocycles. The average molecular weight is 526 g/mol. The zero-order chi connectivity index (χ0) is 20.4. The van der Waals surface area contributed by atoms with Gasteiger partial charge in [0.1, 0.15) is 11.5 Å². The molecule has 0 radical (unpaired) electrons. The van der Waals surface area contributed by atoms with Gasteiger partial charge in [0.05, 0.1) is 7.11 Å². The number of guanidine groups is 1. The Kier molecular flexibility index (Phi) is 12.2. The Balaban J connectivity index is 0.00000420. The van der Waals surface area contributed by atoms with Crippen LogP contribution in [0, 0.1) is 5.92 Å². The number of hydrogen-bond acceptors (Lipinski definition) is 4. The lowest BCUT2D eigenvalue weighted by atomic mass is 9.99. The van der Waals surface area contributed by atoms with Crippen LogP contribution in [0.1, 0.15) is 31.7 Å². The van der Waals surface area contributed by atoms with Crippen molar-refractivity contribution in [1.82, 2.24) is 15.5 Å². The van der Waals surface area contributed by atoms with Crippen LogP contribution in [0.25, 0.3) is 0 Å². The average Bonchev–Trinajstić information content (AvgIpc) is 2.69. The topological polar surface area (TPSA) is 58.1 Å². The highest BCUT2D eigenvalue weighted by atomic mass is 127. The van der Waals surface area contributed by atoms with E-state index in [2.05, 4.69) is 32.2 Å². The van der Waals surface area contributed by atoms with Gasteiger partial charge in [0, 0.05) is 31.8 Å². The molecule has 1 aromatic rings. The van der Waals surface area contributed by atoms with Crippen molar-refractivity contribution < 1.29 is 18.3 Å². The van der Waals surface area contributed by atoms with Gasteiger partial charge in [0.25, 0.3) is 0 Å². The first-order chi connectivity index (χ1) is 13.5. The molecule has 9 heteroatoms. The van der Waals surface area contributed by atoms with Crippen molar-refractivity contribution in [3.63, 3.8) is 0 Å². The number of nitrogens with one attached hydrogen (secondary N) is 2. The molecule has 6 nitrogen and oxygen atoms in total. The Labute approximate surface area is 189 Å². The highest BCUT2D eigenvalue weighted by Gasteiger charge is 2.15. The molecular weight excluding hydrogens is 493 g/mol. The molecule has 0 atom stereocenters. The van der Waals surface area contributed by atoms with Gasteiger partial charge in [-0.1, -0.05) is 6.92 Å². The third kappa shape index (κ3) is 9.33. The summed E-state index contributed by atoms with van der Waals surface area (Å²) in [5.74, 6) is 2.03. The van der Waals surface area contributed by atoms with Crippen LogP contribution in [0.5, 0.6) is 11.5 Å². The fourth-order valence-corrected chi connectivity index (χ4v) is 3.21. The molecule has 1 aliphatic heterocycles. The standard InChI is InChI=1S/C20H32F2N4O2.HI/c1-15-7-11-26(12-8-15)10-4-9-24-20(23-2)25-14-16-5-6-17(27-3)13-18(16)28-19(21)22;/h5-6,13,15,19H,4,7-12,14H2,1-3H3,(H2,23,24,25);1H. The number of methoxy groups -OCH3 is 1. The summed E-state index contributed by atoms with van der Waals surface area (Å²) in [7, 11) is 3.17. The van der Waals surface area contributed by atoms with Gasteiger partial charge in [0.2, 0.25) is 0 Å². The lowest BCUT2D eigenvalue weighted by Crippen LogP contribution is -2.39. The number of halogens is 3. The molecule has 2 N–H and O–H groups in total. The first-order valence-corrected chi connectivity index (χ1v) is 9.80. The molecule has 1 aromatic carbocycles. The number of likely N-dealkylation sites (tertiary alicyclic amines) is 1. The van der Waals surface area contributed by atoms with E-state index in [1.54, 1.807) is 19.2 Å². The van der Waals surface area contributed by atoms with Crippen molar-refractivity contribution >= 4 is 29.9 Å². The fourth-order valence-electron chi connectivity index (χ4n) is 3.21.